The molecule has 0 radical (unpaired) electrons. The molecule has 0 spiro atoms. The Bertz CT molecular complexity index is 486. The molecule has 1 unspecified atom stereocenters. The van der Waals surface area contributed by atoms with Crippen LogP contribution in [0.4, 0.5) is 8.78 Å². The van der Waals surface area contributed by atoms with Crippen LogP contribution in [0.25, 0.3) is 0 Å². The number of hydrogen-bond donors (Lipinski definition) is 1. The van der Waals surface area contributed by atoms with E-state index in [-0.39, 0.29) is 5.56 Å². The second-order valence-electron chi connectivity index (χ2n) is 5.05. The second-order valence-corrected chi connectivity index (χ2v) is 5.05. The van der Waals surface area contributed by atoms with Gasteiger partial charge in [0.15, 0.2) is 11.6 Å². The number of carboxylic acids is 1. The summed E-state index contributed by atoms with van der Waals surface area (Å²) in [6.07, 6.45) is 2.92. The summed E-state index contributed by atoms with van der Waals surface area (Å²) in [7, 11) is 0. The highest BCUT2D eigenvalue weighted by atomic mass is 19.2. The van der Waals surface area contributed by atoms with Crippen molar-refractivity contribution in [2.45, 2.75) is 31.7 Å². The van der Waals surface area contributed by atoms with Crippen molar-refractivity contribution in [3.05, 3.63) is 35.4 Å². The maximum absolute atomic E-state index is 13.4. The summed E-state index contributed by atoms with van der Waals surface area (Å²) < 4.78 is 26.3. The molecule has 1 fully saturated rings. The van der Waals surface area contributed by atoms with Crippen LogP contribution in [0, 0.1) is 11.6 Å². The van der Waals surface area contributed by atoms with Gasteiger partial charge in [-0.05, 0) is 50.6 Å². The van der Waals surface area contributed by atoms with E-state index in [9.17, 15) is 18.7 Å². The molecule has 1 heterocycles. The van der Waals surface area contributed by atoms with Crippen LogP contribution < -0.4 is 0 Å². The molecule has 1 aliphatic heterocycles. The lowest BCUT2D eigenvalue weighted by Gasteiger charge is -2.40. The molecule has 0 amide bonds. The van der Waals surface area contributed by atoms with Gasteiger partial charge in [-0.2, -0.15) is 0 Å². The Labute approximate surface area is 110 Å². The van der Waals surface area contributed by atoms with Gasteiger partial charge in [-0.25, -0.2) is 13.6 Å². The zero-order valence-corrected chi connectivity index (χ0v) is 10.8. The Morgan fingerprint density at radius 2 is 1.84 bits per heavy atom. The lowest BCUT2D eigenvalue weighted by molar-refractivity contribution is -0.152. The molecular weight excluding hydrogens is 252 g/mol. The van der Waals surface area contributed by atoms with Crippen molar-refractivity contribution in [2.24, 2.45) is 0 Å². The van der Waals surface area contributed by atoms with E-state index in [4.69, 9.17) is 0 Å². The van der Waals surface area contributed by atoms with E-state index in [1.54, 1.807) is 6.92 Å². The Morgan fingerprint density at radius 3 is 2.37 bits per heavy atom. The summed E-state index contributed by atoms with van der Waals surface area (Å²) in [5, 5.41) is 9.54. The van der Waals surface area contributed by atoms with E-state index in [1.807, 2.05) is 4.90 Å². The first-order valence-electron chi connectivity index (χ1n) is 6.40. The third-order valence-electron chi connectivity index (χ3n) is 3.89. The zero-order valence-electron chi connectivity index (χ0n) is 10.8. The van der Waals surface area contributed by atoms with E-state index in [0.29, 0.717) is 13.1 Å². The van der Waals surface area contributed by atoms with Crippen LogP contribution in [0.1, 0.15) is 31.7 Å². The highest BCUT2D eigenvalue weighted by Crippen LogP contribution is 2.32. The SMILES string of the molecule is CC(C(=O)O)(c1ccc(F)c(F)c1)N1CCCCC1. The van der Waals surface area contributed by atoms with Crippen LogP contribution >= 0.6 is 0 Å². The quantitative estimate of drug-likeness (QED) is 0.917. The van der Waals surface area contributed by atoms with Crippen molar-refractivity contribution in [1.29, 1.82) is 0 Å². The number of aliphatic carboxylic acids is 1. The molecule has 5 heteroatoms. The monoisotopic (exact) mass is 269 g/mol. The van der Waals surface area contributed by atoms with Gasteiger partial charge in [0.2, 0.25) is 0 Å². The third kappa shape index (κ3) is 2.47. The smallest absolute Gasteiger partial charge is 0.328 e. The largest absolute Gasteiger partial charge is 0.480 e. The van der Waals surface area contributed by atoms with Crippen LogP contribution in [0.15, 0.2) is 18.2 Å². The van der Waals surface area contributed by atoms with Gasteiger partial charge in [-0.15, -0.1) is 0 Å². The number of piperidine rings is 1. The fourth-order valence-corrected chi connectivity index (χ4v) is 2.58. The van der Waals surface area contributed by atoms with Gasteiger partial charge in [0, 0.05) is 0 Å². The van der Waals surface area contributed by atoms with Gasteiger partial charge in [0.25, 0.3) is 0 Å². The highest BCUT2D eigenvalue weighted by Gasteiger charge is 2.42. The molecule has 104 valence electrons. The van der Waals surface area contributed by atoms with Crippen molar-refractivity contribution >= 4 is 5.97 Å². The predicted octanol–water partition coefficient (Wildman–Crippen LogP) is 2.75. The average Bonchev–Trinajstić information content (AvgIpc) is 2.41. The summed E-state index contributed by atoms with van der Waals surface area (Å²) in [6.45, 7) is 2.86. The van der Waals surface area contributed by atoms with Crippen molar-refractivity contribution in [1.82, 2.24) is 4.90 Å². The maximum Gasteiger partial charge on any atom is 0.328 e. The summed E-state index contributed by atoms with van der Waals surface area (Å²) in [5.74, 6) is -3.02. The predicted molar refractivity (Wildman–Crippen MR) is 66.8 cm³/mol. The number of carbonyl (C=O) groups is 1. The molecule has 0 bridgehead atoms. The van der Waals surface area contributed by atoms with Gasteiger partial charge >= 0.3 is 5.97 Å². The van der Waals surface area contributed by atoms with E-state index in [0.717, 1.165) is 31.4 Å². The molecule has 1 aromatic carbocycles. The van der Waals surface area contributed by atoms with Gasteiger partial charge in [-0.1, -0.05) is 12.5 Å². The molecule has 3 nitrogen and oxygen atoms in total. The molecule has 1 saturated heterocycles. The van der Waals surface area contributed by atoms with E-state index in [2.05, 4.69) is 0 Å². The fourth-order valence-electron chi connectivity index (χ4n) is 2.58. The number of rotatable bonds is 3. The summed E-state index contributed by atoms with van der Waals surface area (Å²) in [6, 6.07) is 3.31. The minimum Gasteiger partial charge on any atom is -0.480 e. The number of halogens is 2. The topological polar surface area (TPSA) is 40.5 Å². The molecule has 19 heavy (non-hydrogen) atoms. The Balaban J connectivity index is 2.42. The van der Waals surface area contributed by atoms with Crippen molar-refractivity contribution in [3.63, 3.8) is 0 Å². The Morgan fingerprint density at radius 1 is 1.21 bits per heavy atom. The number of carboxylic acid groups (broad SMARTS) is 1. The fraction of sp³-hybridized carbons (Fsp3) is 0.500. The number of likely N-dealkylation sites (tertiary alicyclic amines) is 1. The Hall–Kier alpha value is -1.49. The summed E-state index contributed by atoms with van der Waals surface area (Å²) >= 11 is 0. The van der Waals surface area contributed by atoms with Crippen LogP contribution in [0.2, 0.25) is 0 Å². The van der Waals surface area contributed by atoms with E-state index < -0.39 is 23.1 Å². The molecule has 0 aliphatic carbocycles. The average molecular weight is 269 g/mol. The van der Waals surface area contributed by atoms with Crippen LogP contribution in [-0.4, -0.2) is 29.1 Å². The van der Waals surface area contributed by atoms with E-state index >= 15 is 0 Å². The second kappa shape index (κ2) is 5.25. The number of benzene rings is 1. The molecule has 0 saturated carbocycles. The van der Waals surface area contributed by atoms with Crippen LogP contribution in [0.5, 0.6) is 0 Å². The van der Waals surface area contributed by atoms with Crippen LogP contribution in [-0.2, 0) is 10.3 Å². The summed E-state index contributed by atoms with van der Waals surface area (Å²) in [4.78, 5) is 13.5. The molecule has 1 aliphatic rings. The van der Waals surface area contributed by atoms with Gasteiger partial charge < -0.3 is 5.11 Å². The molecule has 2 rings (SSSR count). The number of hydrogen-bond acceptors (Lipinski definition) is 2. The maximum atomic E-state index is 13.4. The highest BCUT2D eigenvalue weighted by molar-refractivity contribution is 5.80. The third-order valence-corrected chi connectivity index (χ3v) is 3.89. The minimum absolute atomic E-state index is 0.279. The standard InChI is InChI=1S/C14H17F2NO2/c1-14(13(18)19,17-7-3-2-4-8-17)10-5-6-11(15)12(16)9-10/h5-6,9H,2-4,7-8H2,1H3,(H,18,19). The van der Waals surface area contributed by atoms with Crippen molar-refractivity contribution < 1.29 is 18.7 Å². The van der Waals surface area contributed by atoms with Gasteiger partial charge in [0.05, 0.1) is 0 Å². The normalized spacial score (nSPS) is 19.9. The summed E-state index contributed by atoms with van der Waals surface area (Å²) in [5.41, 5.74) is -1.03. The van der Waals surface area contributed by atoms with Crippen molar-refractivity contribution in [3.8, 4) is 0 Å². The first-order valence-corrected chi connectivity index (χ1v) is 6.40. The molecule has 1 N–H and O–H groups in total. The first kappa shape index (κ1) is 13.9. The van der Waals surface area contributed by atoms with E-state index in [1.165, 1.54) is 6.07 Å². The Kier molecular flexibility index (Phi) is 3.85. The first-order chi connectivity index (χ1) is 8.96. The lowest BCUT2D eigenvalue weighted by atomic mass is 9.88. The minimum atomic E-state index is -1.31. The molecule has 1 aromatic rings. The molecule has 0 aromatic heterocycles. The van der Waals surface area contributed by atoms with Gasteiger partial charge in [0.1, 0.15) is 5.54 Å². The van der Waals surface area contributed by atoms with Crippen molar-refractivity contribution in [2.75, 3.05) is 13.1 Å². The zero-order chi connectivity index (χ0) is 14.0. The number of nitrogens with zero attached hydrogens (tertiary/aromatic N) is 1. The van der Waals surface area contributed by atoms with Gasteiger partial charge in [-0.3, -0.25) is 4.90 Å². The lowest BCUT2D eigenvalue weighted by Crippen LogP contribution is -2.51. The molecular formula is C14H17F2NO2. The van der Waals surface area contributed by atoms with Crippen LogP contribution in [0.3, 0.4) is 0 Å². The molecule has 1 atom stereocenters.